The lowest BCUT2D eigenvalue weighted by molar-refractivity contribution is 0.0374. The quantitative estimate of drug-likeness (QED) is 0.417. The maximum atomic E-state index is 8.60. The molecule has 0 atom stereocenters. The van der Waals surface area contributed by atoms with Crippen LogP contribution in [-0.4, -0.2) is 23.6 Å². The second kappa shape index (κ2) is 7.69. The van der Waals surface area contributed by atoms with Gasteiger partial charge < -0.3 is 9.94 Å². The second-order valence-electron chi connectivity index (χ2n) is 4.30. The van der Waals surface area contributed by atoms with Gasteiger partial charge in [0.25, 0.3) is 0 Å². The van der Waals surface area contributed by atoms with Gasteiger partial charge in [-0.25, -0.2) is 0 Å². The Kier molecular flexibility index (Phi) is 6.41. The fourth-order valence-electron chi connectivity index (χ4n) is 1.97. The standard InChI is InChI=1S/C12H23NO2/c1-2-3-4-5-10-15-12-8-6-11(13-14)7-9-12/h12,14H,2-10H2,1H3. The highest BCUT2D eigenvalue weighted by molar-refractivity contribution is 5.84. The first kappa shape index (κ1) is 12.5. The molecule has 1 rings (SSSR count). The van der Waals surface area contributed by atoms with E-state index in [0.29, 0.717) is 6.10 Å². The Labute approximate surface area is 92.5 Å². The third-order valence-corrected chi connectivity index (χ3v) is 3.00. The van der Waals surface area contributed by atoms with E-state index >= 15 is 0 Å². The summed E-state index contributed by atoms with van der Waals surface area (Å²) < 4.78 is 5.79. The van der Waals surface area contributed by atoms with Gasteiger partial charge in [0.15, 0.2) is 0 Å². The SMILES string of the molecule is CCCCCCOC1CCC(=NO)CC1. The minimum Gasteiger partial charge on any atom is -0.411 e. The summed E-state index contributed by atoms with van der Waals surface area (Å²) in [6.07, 6.45) is 9.30. The van der Waals surface area contributed by atoms with E-state index in [1.54, 1.807) is 0 Å². The molecule has 0 amide bonds. The summed E-state index contributed by atoms with van der Waals surface area (Å²) in [5, 5.41) is 11.9. The van der Waals surface area contributed by atoms with Gasteiger partial charge in [-0.05, 0) is 32.1 Å². The van der Waals surface area contributed by atoms with Gasteiger partial charge in [-0.3, -0.25) is 0 Å². The molecule has 1 N–H and O–H groups in total. The molecule has 0 spiro atoms. The zero-order valence-electron chi connectivity index (χ0n) is 9.74. The van der Waals surface area contributed by atoms with E-state index in [4.69, 9.17) is 9.94 Å². The highest BCUT2D eigenvalue weighted by atomic mass is 16.5. The molecule has 1 aliphatic rings. The number of unbranched alkanes of at least 4 members (excludes halogenated alkanes) is 3. The summed E-state index contributed by atoms with van der Waals surface area (Å²) in [4.78, 5) is 0. The first-order valence-corrected chi connectivity index (χ1v) is 6.18. The zero-order valence-corrected chi connectivity index (χ0v) is 9.74. The fourth-order valence-corrected chi connectivity index (χ4v) is 1.97. The molecule has 1 aliphatic carbocycles. The molecule has 0 aliphatic heterocycles. The van der Waals surface area contributed by atoms with Crippen LogP contribution in [0.4, 0.5) is 0 Å². The van der Waals surface area contributed by atoms with Crippen molar-refractivity contribution >= 4 is 5.71 Å². The Morgan fingerprint density at radius 2 is 2.00 bits per heavy atom. The highest BCUT2D eigenvalue weighted by Crippen LogP contribution is 2.19. The number of nitrogens with zero attached hydrogens (tertiary/aromatic N) is 1. The third kappa shape index (κ3) is 5.17. The van der Waals surface area contributed by atoms with Crippen LogP contribution < -0.4 is 0 Å². The molecule has 1 fully saturated rings. The van der Waals surface area contributed by atoms with Crippen LogP contribution in [0.3, 0.4) is 0 Å². The molecule has 0 heterocycles. The minimum atomic E-state index is 0.400. The predicted molar refractivity (Wildman–Crippen MR) is 61.6 cm³/mol. The van der Waals surface area contributed by atoms with E-state index in [-0.39, 0.29) is 0 Å². The van der Waals surface area contributed by atoms with Gasteiger partial charge >= 0.3 is 0 Å². The summed E-state index contributed by atoms with van der Waals surface area (Å²) in [7, 11) is 0. The molecule has 0 saturated heterocycles. The first-order chi connectivity index (χ1) is 7.36. The monoisotopic (exact) mass is 213 g/mol. The van der Waals surface area contributed by atoms with E-state index in [0.717, 1.165) is 38.0 Å². The second-order valence-corrected chi connectivity index (χ2v) is 4.30. The van der Waals surface area contributed by atoms with Gasteiger partial charge in [0, 0.05) is 6.61 Å². The normalized spacial score (nSPS) is 21.7. The fraction of sp³-hybridized carbons (Fsp3) is 0.917. The van der Waals surface area contributed by atoms with Crippen molar-refractivity contribution in [3.05, 3.63) is 0 Å². The van der Waals surface area contributed by atoms with Crippen molar-refractivity contribution in [1.29, 1.82) is 0 Å². The lowest BCUT2D eigenvalue weighted by Gasteiger charge is -2.22. The average Bonchev–Trinajstić information content (AvgIpc) is 2.30. The van der Waals surface area contributed by atoms with E-state index in [1.807, 2.05) is 0 Å². The topological polar surface area (TPSA) is 41.8 Å². The lowest BCUT2D eigenvalue weighted by atomic mass is 9.96. The summed E-state index contributed by atoms with van der Waals surface area (Å²) in [5.74, 6) is 0. The van der Waals surface area contributed by atoms with Crippen molar-refractivity contribution in [2.45, 2.75) is 64.4 Å². The van der Waals surface area contributed by atoms with Crippen LogP contribution in [-0.2, 0) is 4.74 Å². The van der Waals surface area contributed by atoms with Crippen LogP contribution in [0.15, 0.2) is 5.16 Å². The Hall–Kier alpha value is -0.570. The van der Waals surface area contributed by atoms with E-state index < -0.39 is 0 Å². The molecule has 0 bridgehead atoms. The molecule has 0 aromatic rings. The smallest absolute Gasteiger partial charge is 0.0582 e. The van der Waals surface area contributed by atoms with Gasteiger partial charge in [0.05, 0.1) is 11.8 Å². The maximum Gasteiger partial charge on any atom is 0.0582 e. The summed E-state index contributed by atoms with van der Waals surface area (Å²) in [6, 6.07) is 0. The summed E-state index contributed by atoms with van der Waals surface area (Å²) in [5.41, 5.74) is 0.931. The number of ether oxygens (including phenoxy) is 1. The van der Waals surface area contributed by atoms with Gasteiger partial charge in [-0.2, -0.15) is 0 Å². The van der Waals surface area contributed by atoms with Crippen molar-refractivity contribution < 1.29 is 9.94 Å². The van der Waals surface area contributed by atoms with Crippen molar-refractivity contribution in [2.24, 2.45) is 5.16 Å². The number of rotatable bonds is 6. The summed E-state index contributed by atoms with van der Waals surface area (Å²) in [6.45, 7) is 3.12. The molecule has 3 nitrogen and oxygen atoms in total. The van der Waals surface area contributed by atoms with Crippen LogP contribution in [0.1, 0.15) is 58.3 Å². The molecule has 0 aromatic carbocycles. The Morgan fingerprint density at radius 3 is 2.60 bits per heavy atom. The minimum absolute atomic E-state index is 0.400. The highest BCUT2D eigenvalue weighted by Gasteiger charge is 2.17. The number of oxime groups is 1. The summed E-state index contributed by atoms with van der Waals surface area (Å²) >= 11 is 0. The molecule has 0 aromatic heterocycles. The zero-order chi connectivity index (χ0) is 10.9. The number of hydrogen-bond acceptors (Lipinski definition) is 3. The van der Waals surface area contributed by atoms with Crippen LogP contribution in [0, 0.1) is 0 Å². The van der Waals surface area contributed by atoms with Crippen molar-refractivity contribution in [3.63, 3.8) is 0 Å². The Bertz CT molecular complexity index is 182. The van der Waals surface area contributed by atoms with Gasteiger partial charge in [-0.1, -0.05) is 31.3 Å². The maximum absolute atomic E-state index is 8.60. The molecule has 3 heteroatoms. The van der Waals surface area contributed by atoms with Gasteiger partial charge in [0.2, 0.25) is 0 Å². The molecule has 88 valence electrons. The lowest BCUT2D eigenvalue weighted by Crippen LogP contribution is -2.22. The predicted octanol–water partition coefficient (Wildman–Crippen LogP) is 3.36. The van der Waals surface area contributed by atoms with E-state index in [9.17, 15) is 0 Å². The van der Waals surface area contributed by atoms with E-state index in [1.165, 1.54) is 25.7 Å². The van der Waals surface area contributed by atoms with E-state index in [2.05, 4.69) is 12.1 Å². The molecule has 0 unspecified atom stereocenters. The van der Waals surface area contributed by atoms with Gasteiger partial charge in [0.1, 0.15) is 0 Å². The molecular weight excluding hydrogens is 190 g/mol. The largest absolute Gasteiger partial charge is 0.411 e. The number of hydrogen-bond donors (Lipinski definition) is 1. The first-order valence-electron chi connectivity index (χ1n) is 6.18. The van der Waals surface area contributed by atoms with Crippen molar-refractivity contribution in [3.8, 4) is 0 Å². The van der Waals surface area contributed by atoms with Crippen molar-refractivity contribution in [1.82, 2.24) is 0 Å². The molecular formula is C12H23NO2. The average molecular weight is 213 g/mol. The molecule has 1 saturated carbocycles. The molecule has 0 radical (unpaired) electrons. The Balaban J connectivity index is 1.99. The Morgan fingerprint density at radius 1 is 1.27 bits per heavy atom. The molecule has 15 heavy (non-hydrogen) atoms. The van der Waals surface area contributed by atoms with Gasteiger partial charge in [-0.15, -0.1) is 0 Å². The van der Waals surface area contributed by atoms with Crippen molar-refractivity contribution in [2.75, 3.05) is 6.61 Å². The van der Waals surface area contributed by atoms with Crippen LogP contribution in [0.25, 0.3) is 0 Å². The van der Waals surface area contributed by atoms with Crippen LogP contribution in [0.2, 0.25) is 0 Å². The third-order valence-electron chi connectivity index (χ3n) is 3.00. The van der Waals surface area contributed by atoms with Crippen LogP contribution in [0.5, 0.6) is 0 Å². The van der Waals surface area contributed by atoms with Crippen LogP contribution >= 0.6 is 0 Å².